The standard InChI is InChI=1S/C10H13ClO.C2H6/c1-3-9-4-8(6-12)5-10(11)7(9)2;1-2/h4-5,12H,3,6H2,1-2H3;1-2H3. The first kappa shape index (κ1) is 13.5. The van der Waals surface area contributed by atoms with Crippen molar-refractivity contribution in [3.8, 4) is 0 Å². The maximum absolute atomic E-state index is 8.91. The molecule has 1 N–H and O–H groups in total. The summed E-state index contributed by atoms with van der Waals surface area (Å²) in [5, 5.41) is 9.66. The van der Waals surface area contributed by atoms with Crippen LogP contribution in [0, 0.1) is 6.92 Å². The van der Waals surface area contributed by atoms with Crippen molar-refractivity contribution in [1.29, 1.82) is 0 Å². The fraction of sp³-hybridized carbons (Fsp3) is 0.500. The highest BCUT2D eigenvalue weighted by Gasteiger charge is 2.02. The highest BCUT2D eigenvalue weighted by Crippen LogP contribution is 2.21. The lowest BCUT2D eigenvalue weighted by Crippen LogP contribution is -1.92. The highest BCUT2D eigenvalue weighted by atomic mass is 35.5. The van der Waals surface area contributed by atoms with Crippen LogP contribution in [0.3, 0.4) is 0 Å². The molecule has 80 valence electrons. The van der Waals surface area contributed by atoms with Gasteiger partial charge in [-0.1, -0.05) is 38.4 Å². The van der Waals surface area contributed by atoms with Crippen LogP contribution in [0.15, 0.2) is 12.1 Å². The fourth-order valence-electron chi connectivity index (χ4n) is 1.26. The first-order valence-electron chi connectivity index (χ1n) is 5.07. The van der Waals surface area contributed by atoms with Gasteiger partial charge in [0.2, 0.25) is 0 Å². The molecular weight excluding hydrogens is 196 g/mol. The number of hydrogen-bond acceptors (Lipinski definition) is 1. The van der Waals surface area contributed by atoms with E-state index in [1.54, 1.807) is 0 Å². The van der Waals surface area contributed by atoms with Gasteiger partial charge >= 0.3 is 0 Å². The second-order valence-corrected chi connectivity index (χ2v) is 3.28. The SMILES string of the molecule is CC.CCc1cc(CO)cc(Cl)c1C. The van der Waals surface area contributed by atoms with Crippen LogP contribution in [0.25, 0.3) is 0 Å². The van der Waals surface area contributed by atoms with Crippen molar-refractivity contribution in [1.82, 2.24) is 0 Å². The Morgan fingerprint density at radius 2 is 1.86 bits per heavy atom. The normalized spacial score (nSPS) is 9.29. The minimum atomic E-state index is 0.0625. The Bertz CT molecular complexity index is 282. The molecule has 1 rings (SSSR count). The molecular formula is C12H19ClO. The molecule has 0 fully saturated rings. The molecule has 0 saturated heterocycles. The van der Waals surface area contributed by atoms with Crippen LogP contribution < -0.4 is 0 Å². The third-order valence-electron chi connectivity index (χ3n) is 2.08. The summed E-state index contributed by atoms with van der Waals surface area (Å²) in [4.78, 5) is 0. The van der Waals surface area contributed by atoms with Crippen LogP contribution in [-0.2, 0) is 13.0 Å². The lowest BCUT2D eigenvalue weighted by atomic mass is 10.0. The van der Waals surface area contributed by atoms with Gasteiger partial charge in [0.15, 0.2) is 0 Å². The van der Waals surface area contributed by atoms with Gasteiger partial charge in [-0.05, 0) is 36.1 Å². The molecule has 0 aliphatic rings. The maximum Gasteiger partial charge on any atom is 0.0682 e. The molecule has 0 spiro atoms. The molecule has 0 amide bonds. The monoisotopic (exact) mass is 214 g/mol. The summed E-state index contributed by atoms with van der Waals surface area (Å²) >= 11 is 5.97. The van der Waals surface area contributed by atoms with Gasteiger partial charge < -0.3 is 5.11 Å². The Hall–Kier alpha value is -0.530. The molecule has 2 heteroatoms. The van der Waals surface area contributed by atoms with Gasteiger partial charge in [0, 0.05) is 5.02 Å². The van der Waals surface area contributed by atoms with E-state index in [1.165, 1.54) is 5.56 Å². The van der Waals surface area contributed by atoms with E-state index >= 15 is 0 Å². The number of aliphatic hydroxyl groups is 1. The minimum absolute atomic E-state index is 0.0625. The lowest BCUT2D eigenvalue weighted by Gasteiger charge is -2.07. The fourth-order valence-corrected chi connectivity index (χ4v) is 1.52. The Balaban J connectivity index is 0.000000791. The smallest absolute Gasteiger partial charge is 0.0682 e. The summed E-state index contributed by atoms with van der Waals surface area (Å²) in [5.74, 6) is 0. The van der Waals surface area contributed by atoms with Crippen LogP contribution in [-0.4, -0.2) is 5.11 Å². The molecule has 0 bridgehead atoms. The largest absolute Gasteiger partial charge is 0.392 e. The number of halogens is 1. The maximum atomic E-state index is 8.91. The number of aliphatic hydroxyl groups excluding tert-OH is 1. The number of benzene rings is 1. The summed E-state index contributed by atoms with van der Waals surface area (Å²) in [6.45, 7) is 8.15. The Morgan fingerprint density at radius 3 is 2.29 bits per heavy atom. The van der Waals surface area contributed by atoms with Crippen molar-refractivity contribution >= 4 is 11.6 Å². The first-order chi connectivity index (χ1) is 6.69. The molecule has 0 unspecified atom stereocenters. The first-order valence-corrected chi connectivity index (χ1v) is 5.45. The lowest BCUT2D eigenvalue weighted by molar-refractivity contribution is 0.281. The zero-order chi connectivity index (χ0) is 11.1. The average Bonchev–Trinajstić information content (AvgIpc) is 2.24. The van der Waals surface area contributed by atoms with Crippen LogP contribution in [0.5, 0.6) is 0 Å². The van der Waals surface area contributed by atoms with Gasteiger partial charge in [0.05, 0.1) is 6.61 Å². The molecule has 14 heavy (non-hydrogen) atoms. The van der Waals surface area contributed by atoms with Crippen molar-refractivity contribution in [2.45, 2.75) is 40.7 Å². The third kappa shape index (κ3) is 3.32. The summed E-state index contributed by atoms with van der Waals surface area (Å²) in [5.41, 5.74) is 3.23. The molecule has 0 aromatic heterocycles. The molecule has 0 aliphatic heterocycles. The minimum Gasteiger partial charge on any atom is -0.392 e. The number of aryl methyl sites for hydroxylation is 1. The van der Waals surface area contributed by atoms with Gasteiger partial charge in [0.1, 0.15) is 0 Å². The second kappa shape index (κ2) is 6.86. The molecule has 1 aromatic rings. The van der Waals surface area contributed by atoms with E-state index in [0.29, 0.717) is 0 Å². The summed E-state index contributed by atoms with van der Waals surface area (Å²) in [6.07, 6.45) is 0.958. The Morgan fingerprint density at radius 1 is 1.29 bits per heavy atom. The van der Waals surface area contributed by atoms with Crippen molar-refractivity contribution in [3.63, 3.8) is 0 Å². The Labute approximate surface area is 91.7 Å². The summed E-state index contributed by atoms with van der Waals surface area (Å²) in [6, 6.07) is 3.82. The third-order valence-corrected chi connectivity index (χ3v) is 2.47. The van der Waals surface area contributed by atoms with E-state index in [-0.39, 0.29) is 6.61 Å². The van der Waals surface area contributed by atoms with E-state index in [4.69, 9.17) is 16.7 Å². The topological polar surface area (TPSA) is 20.2 Å². The van der Waals surface area contributed by atoms with Crippen molar-refractivity contribution in [2.24, 2.45) is 0 Å². The Kier molecular flexibility index (Phi) is 6.60. The van der Waals surface area contributed by atoms with Gasteiger partial charge in [-0.25, -0.2) is 0 Å². The zero-order valence-corrected chi connectivity index (χ0v) is 10.2. The van der Waals surface area contributed by atoms with E-state index in [1.807, 2.05) is 32.9 Å². The van der Waals surface area contributed by atoms with Gasteiger partial charge in [-0.15, -0.1) is 0 Å². The molecule has 0 aliphatic carbocycles. The molecule has 0 saturated carbocycles. The van der Waals surface area contributed by atoms with Crippen molar-refractivity contribution in [3.05, 3.63) is 33.8 Å². The predicted octanol–water partition coefficient (Wildman–Crippen LogP) is 3.73. The molecule has 0 atom stereocenters. The van der Waals surface area contributed by atoms with Gasteiger partial charge in [-0.3, -0.25) is 0 Å². The summed E-state index contributed by atoms with van der Waals surface area (Å²) in [7, 11) is 0. The molecule has 1 aromatic carbocycles. The number of hydrogen-bond donors (Lipinski definition) is 1. The van der Waals surface area contributed by atoms with Crippen molar-refractivity contribution in [2.75, 3.05) is 0 Å². The van der Waals surface area contributed by atoms with Crippen LogP contribution in [0.4, 0.5) is 0 Å². The molecule has 0 radical (unpaired) electrons. The second-order valence-electron chi connectivity index (χ2n) is 2.87. The average molecular weight is 215 g/mol. The van der Waals surface area contributed by atoms with Crippen molar-refractivity contribution < 1.29 is 5.11 Å². The van der Waals surface area contributed by atoms with E-state index < -0.39 is 0 Å². The molecule has 0 heterocycles. The van der Waals surface area contributed by atoms with Crippen LogP contribution in [0.2, 0.25) is 5.02 Å². The zero-order valence-electron chi connectivity index (χ0n) is 9.39. The molecule has 1 nitrogen and oxygen atoms in total. The quantitative estimate of drug-likeness (QED) is 0.796. The summed E-state index contributed by atoms with van der Waals surface area (Å²) < 4.78 is 0. The van der Waals surface area contributed by atoms with Gasteiger partial charge in [0.25, 0.3) is 0 Å². The van der Waals surface area contributed by atoms with Crippen LogP contribution >= 0.6 is 11.6 Å². The van der Waals surface area contributed by atoms with Crippen LogP contribution in [0.1, 0.15) is 37.5 Å². The van der Waals surface area contributed by atoms with Gasteiger partial charge in [-0.2, -0.15) is 0 Å². The van der Waals surface area contributed by atoms with E-state index in [9.17, 15) is 0 Å². The van der Waals surface area contributed by atoms with E-state index in [2.05, 4.69) is 6.92 Å². The predicted molar refractivity (Wildman–Crippen MR) is 62.8 cm³/mol. The number of rotatable bonds is 2. The highest BCUT2D eigenvalue weighted by molar-refractivity contribution is 6.31. The van der Waals surface area contributed by atoms with E-state index in [0.717, 1.165) is 22.6 Å².